The summed E-state index contributed by atoms with van der Waals surface area (Å²) in [5.41, 5.74) is 3.50. The van der Waals surface area contributed by atoms with Crippen LogP contribution in [0.2, 0.25) is 0 Å². The second-order valence-corrected chi connectivity index (χ2v) is 5.97. The summed E-state index contributed by atoms with van der Waals surface area (Å²) in [5, 5.41) is 5.61. The molecule has 3 rings (SSSR count). The topological polar surface area (TPSA) is 34.1 Å². The van der Waals surface area contributed by atoms with Crippen LogP contribution in [0.25, 0.3) is 10.2 Å². The van der Waals surface area contributed by atoms with Gasteiger partial charge in [0.15, 0.2) is 0 Å². The van der Waals surface area contributed by atoms with E-state index < -0.39 is 0 Å². The molecule has 0 aliphatic heterocycles. The van der Waals surface area contributed by atoms with Crippen molar-refractivity contribution in [2.24, 2.45) is 0 Å². The Morgan fingerprint density at radius 3 is 3.05 bits per heavy atom. The fourth-order valence-electron chi connectivity index (χ4n) is 2.27. The summed E-state index contributed by atoms with van der Waals surface area (Å²) in [5.74, 6) is 0.892. The number of nitrogens with one attached hydrogen (secondary N) is 1. The molecule has 0 saturated heterocycles. The standard InChI is InChI=1S/C17H18N2OS/c1-12(14-9-17-16(19-11-14)6-7-21-17)18-10-13-4-3-5-15(8-13)20-2/h3-9,11-12,18H,10H2,1-2H3. The molecule has 3 aromatic rings. The van der Waals surface area contributed by atoms with Gasteiger partial charge in [-0.2, -0.15) is 0 Å². The molecule has 1 unspecified atom stereocenters. The molecule has 0 amide bonds. The van der Waals surface area contributed by atoms with Gasteiger partial charge in [0.25, 0.3) is 0 Å². The van der Waals surface area contributed by atoms with Crippen molar-refractivity contribution in [3.8, 4) is 5.75 Å². The van der Waals surface area contributed by atoms with E-state index in [-0.39, 0.29) is 6.04 Å². The van der Waals surface area contributed by atoms with Crippen molar-refractivity contribution in [3.05, 3.63) is 59.1 Å². The second kappa shape index (κ2) is 6.24. The molecule has 0 aliphatic rings. The average molecular weight is 298 g/mol. The number of fused-ring (bicyclic) bond motifs is 1. The van der Waals surface area contributed by atoms with Crippen molar-refractivity contribution in [1.82, 2.24) is 10.3 Å². The molecular weight excluding hydrogens is 280 g/mol. The van der Waals surface area contributed by atoms with Crippen LogP contribution in [0.5, 0.6) is 5.75 Å². The maximum atomic E-state index is 5.25. The molecule has 3 nitrogen and oxygen atoms in total. The summed E-state index contributed by atoms with van der Waals surface area (Å²) in [6, 6.07) is 12.7. The molecule has 4 heteroatoms. The molecule has 0 bridgehead atoms. The van der Waals surface area contributed by atoms with Gasteiger partial charge < -0.3 is 10.1 Å². The van der Waals surface area contributed by atoms with E-state index in [2.05, 4.69) is 46.9 Å². The van der Waals surface area contributed by atoms with E-state index in [4.69, 9.17) is 4.74 Å². The monoisotopic (exact) mass is 298 g/mol. The minimum absolute atomic E-state index is 0.259. The maximum Gasteiger partial charge on any atom is 0.119 e. The number of pyridine rings is 1. The van der Waals surface area contributed by atoms with E-state index >= 15 is 0 Å². The van der Waals surface area contributed by atoms with Crippen molar-refractivity contribution in [1.29, 1.82) is 0 Å². The van der Waals surface area contributed by atoms with Crippen LogP contribution in [0.15, 0.2) is 48.0 Å². The number of methoxy groups -OCH3 is 1. The molecule has 21 heavy (non-hydrogen) atoms. The Kier molecular flexibility index (Phi) is 4.18. The van der Waals surface area contributed by atoms with Gasteiger partial charge in [-0.1, -0.05) is 12.1 Å². The first kappa shape index (κ1) is 14.0. The predicted molar refractivity (Wildman–Crippen MR) is 87.9 cm³/mol. The van der Waals surface area contributed by atoms with Gasteiger partial charge in [0, 0.05) is 18.8 Å². The minimum atomic E-state index is 0.259. The van der Waals surface area contributed by atoms with Crippen molar-refractivity contribution in [2.45, 2.75) is 19.5 Å². The van der Waals surface area contributed by atoms with Crippen LogP contribution in [0.1, 0.15) is 24.1 Å². The fourth-order valence-corrected chi connectivity index (χ4v) is 3.06. The highest BCUT2D eigenvalue weighted by molar-refractivity contribution is 7.17. The van der Waals surface area contributed by atoms with Gasteiger partial charge in [-0.3, -0.25) is 4.98 Å². The van der Waals surface area contributed by atoms with E-state index in [1.165, 1.54) is 15.8 Å². The molecule has 0 fully saturated rings. The van der Waals surface area contributed by atoms with E-state index in [1.54, 1.807) is 18.4 Å². The molecule has 1 aromatic carbocycles. The lowest BCUT2D eigenvalue weighted by atomic mass is 10.1. The van der Waals surface area contributed by atoms with Crippen LogP contribution in [0.3, 0.4) is 0 Å². The Morgan fingerprint density at radius 1 is 1.29 bits per heavy atom. The highest BCUT2D eigenvalue weighted by Gasteiger charge is 2.07. The molecule has 0 radical (unpaired) electrons. The first-order valence-corrected chi connectivity index (χ1v) is 7.83. The highest BCUT2D eigenvalue weighted by Crippen LogP contribution is 2.23. The van der Waals surface area contributed by atoms with Gasteiger partial charge in [0.2, 0.25) is 0 Å². The number of rotatable bonds is 5. The van der Waals surface area contributed by atoms with E-state index in [9.17, 15) is 0 Å². The molecule has 0 aliphatic carbocycles. The molecule has 0 saturated carbocycles. The lowest BCUT2D eigenvalue weighted by molar-refractivity contribution is 0.414. The molecule has 0 spiro atoms. The summed E-state index contributed by atoms with van der Waals surface area (Å²) < 4.78 is 6.49. The molecule has 2 aromatic heterocycles. The van der Waals surface area contributed by atoms with Crippen molar-refractivity contribution >= 4 is 21.6 Å². The van der Waals surface area contributed by atoms with Gasteiger partial charge in [-0.25, -0.2) is 0 Å². The SMILES string of the molecule is COc1cccc(CNC(C)c2cnc3ccsc3c2)c1. The van der Waals surface area contributed by atoms with Crippen molar-refractivity contribution in [3.63, 3.8) is 0 Å². The lowest BCUT2D eigenvalue weighted by Gasteiger charge is -2.14. The quantitative estimate of drug-likeness (QED) is 0.768. The smallest absolute Gasteiger partial charge is 0.119 e. The maximum absolute atomic E-state index is 5.25. The molecule has 2 heterocycles. The highest BCUT2D eigenvalue weighted by atomic mass is 32.1. The number of benzene rings is 1. The number of aromatic nitrogens is 1. The lowest BCUT2D eigenvalue weighted by Crippen LogP contribution is -2.18. The van der Waals surface area contributed by atoms with Crippen LogP contribution >= 0.6 is 11.3 Å². The Balaban J connectivity index is 1.69. The number of hydrogen-bond acceptors (Lipinski definition) is 4. The van der Waals surface area contributed by atoms with Gasteiger partial charge in [0.1, 0.15) is 5.75 Å². The molecule has 1 N–H and O–H groups in total. The van der Waals surface area contributed by atoms with Crippen LogP contribution in [-0.4, -0.2) is 12.1 Å². The Morgan fingerprint density at radius 2 is 2.19 bits per heavy atom. The average Bonchev–Trinajstić information content (AvgIpc) is 3.00. The van der Waals surface area contributed by atoms with Crippen LogP contribution in [0, 0.1) is 0 Å². The summed E-state index contributed by atoms with van der Waals surface area (Å²) in [6.07, 6.45) is 1.96. The second-order valence-electron chi connectivity index (χ2n) is 5.03. The zero-order valence-corrected chi connectivity index (χ0v) is 13.0. The van der Waals surface area contributed by atoms with Gasteiger partial charge in [-0.15, -0.1) is 11.3 Å². The third-order valence-electron chi connectivity index (χ3n) is 3.57. The molecular formula is C17H18N2OS. The number of ether oxygens (including phenoxy) is 1. The zero-order chi connectivity index (χ0) is 14.7. The number of nitrogens with zero attached hydrogens (tertiary/aromatic N) is 1. The van der Waals surface area contributed by atoms with Crippen LogP contribution in [0.4, 0.5) is 0 Å². The molecule has 1 atom stereocenters. The first-order valence-electron chi connectivity index (χ1n) is 6.96. The molecule has 108 valence electrons. The van der Waals surface area contributed by atoms with Gasteiger partial charge in [0.05, 0.1) is 17.3 Å². The number of thiophene rings is 1. The Hall–Kier alpha value is -1.91. The Labute approximate surface area is 128 Å². The van der Waals surface area contributed by atoms with Gasteiger partial charge >= 0.3 is 0 Å². The van der Waals surface area contributed by atoms with Crippen LogP contribution in [-0.2, 0) is 6.54 Å². The summed E-state index contributed by atoms with van der Waals surface area (Å²) >= 11 is 1.73. The normalized spacial score (nSPS) is 12.5. The van der Waals surface area contributed by atoms with Crippen molar-refractivity contribution in [2.75, 3.05) is 7.11 Å². The summed E-state index contributed by atoms with van der Waals surface area (Å²) in [4.78, 5) is 4.50. The van der Waals surface area contributed by atoms with E-state index in [0.717, 1.165) is 17.8 Å². The summed E-state index contributed by atoms with van der Waals surface area (Å²) in [6.45, 7) is 2.97. The minimum Gasteiger partial charge on any atom is -0.497 e. The van der Waals surface area contributed by atoms with E-state index in [0.29, 0.717) is 0 Å². The van der Waals surface area contributed by atoms with Crippen molar-refractivity contribution < 1.29 is 4.74 Å². The predicted octanol–water partition coefficient (Wildman–Crippen LogP) is 4.16. The zero-order valence-electron chi connectivity index (χ0n) is 12.2. The Bertz CT molecular complexity index is 738. The third kappa shape index (κ3) is 3.23. The fraction of sp³-hybridized carbons (Fsp3) is 0.235. The summed E-state index contributed by atoms with van der Waals surface area (Å²) in [7, 11) is 1.69. The third-order valence-corrected chi connectivity index (χ3v) is 4.42. The van der Waals surface area contributed by atoms with E-state index in [1.807, 2.05) is 18.3 Å². The van der Waals surface area contributed by atoms with Crippen LogP contribution < -0.4 is 10.1 Å². The number of hydrogen-bond donors (Lipinski definition) is 1. The van der Waals surface area contributed by atoms with Gasteiger partial charge in [-0.05, 0) is 47.7 Å². The largest absolute Gasteiger partial charge is 0.497 e. The first-order chi connectivity index (χ1) is 10.3.